The molecule has 6 nitrogen and oxygen atoms in total. The maximum absolute atomic E-state index is 13.0. The second-order valence-corrected chi connectivity index (χ2v) is 8.46. The highest BCUT2D eigenvalue weighted by Crippen LogP contribution is 2.39. The average molecular weight is 432 g/mol. The minimum atomic E-state index is -0.127. The Kier molecular flexibility index (Phi) is 4.67. The first-order chi connectivity index (χ1) is 14.9. The minimum absolute atomic E-state index is 0.127. The molecule has 2 aliphatic rings. The highest BCUT2D eigenvalue weighted by Gasteiger charge is 2.29. The summed E-state index contributed by atoms with van der Waals surface area (Å²) in [7, 11) is 3.61. The van der Waals surface area contributed by atoms with Crippen LogP contribution < -0.4 is 15.1 Å². The lowest BCUT2D eigenvalue weighted by atomic mass is 9.88. The van der Waals surface area contributed by atoms with Gasteiger partial charge in [-0.3, -0.25) is 4.79 Å². The van der Waals surface area contributed by atoms with Gasteiger partial charge >= 0.3 is 0 Å². The van der Waals surface area contributed by atoms with E-state index in [0.717, 1.165) is 24.9 Å². The van der Waals surface area contributed by atoms with E-state index in [1.165, 1.54) is 16.7 Å². The number of halogens is 1. The number of amides is 1. The summed E-state index contributed by atoms with van der Waals surface area (Å²) in [5, 5.41) is 3.88. The van der Waals surface area contributed by atoms with Crippen molar-refractivity contribution in [2.75, 3.05) is 29.2 Å². The van der Waals surface area contributed by atoms with Crippen LogP contribution in [0.3, 0.4) is 0 Å². The number of carbonyl (C=O) groups is 1. The quantitative estimate of drug-likeness (QED) is 0.559. The van der Waals surface area contributed by atoms with Crippen LogP contribution in [0.15, 0.2) is 54.7 Å². The van der Waals surface area contributed by atoms with Crippen LogP contribution in [-0.2, 0) is 12.8 Å². The molecule has 0 bridgehead atoms. The molecule has 0 spiro atoms. The Morgan fingerprint density at radius 2 is 1.87 bits per heavy atom. The van der Waals surface area contributed by atoms with Crippen LogP contribution in [0.4, 0.5) is 28.8 Å². The third kappa shape index (κ3) is 3.43. The number of benzene rings is 2. The first-order valence-electron chi connectivity index (χ1n) is 10.1. The summed E-state index contributed by atoms with van der Waals surface area (Å²) in [5.41, 5.74) is 6.80. The third-order valence-corrected chi connectivity index (χ3v) is 6.17. The van der Waals surface area contributed by atoms with E-state index in [4.69, 9.17) is 16.6 Å². The molecule has 0 radical (unpaired) electrons. The van der Waals surface area contributed by atoms with Gasteiger partial charge in [0.1, 0.15) is 5.69 Å². The molecule has 0 fully saturated rings. The number of aromatic nitrogens is 2. The van der Waals surface area contributed by atoms with Gasteiger partial charge in [0.05, 0.1) is 17.4 Å². The van der Waals surface area contributed by atoms with E-state index in [1.807, 2.05) is 18.0 Å². The number of rotatable bonds is 2. The first-order valence-corrected chi connectivity index (χ1v) is 10.5. The van der Waals surface area contributed by atoms with Gasteiger partial charge in [0, 0.05) is 24.8 Å². The number of anilines is 5. The summed E-state index contributed by atoms with van der Waals surface area (Å²) in [6.07, 6.45) is 4.65. The van der Waals surface area contributed by atoms with Gasteiger partial charge in [-0.05, 0) is 60.7 Å². The molecule has 1 aliphatic heterocycles. The molecule has 31 heavy (non-hydrogen) atoms. The van der Waals surface area contributed by atoms with Gasteiger partial charge in [-0.15, -0.1) is 0 Å². The smallest absolute Gasteiger partial charge is 0.260 e. The van der Waals surface area contributed by atoms with Crippen molar-refractivity contribution in [1.82, 2.24) is 9.97 Å². The van der Waals surface area contributed by atoms with E-state index in [2.05, 4.69) is 29.0 Å². The van der Waals surface area contributed by atoms with E-state index in [-0.39, 0.29) is 5.91 Å². The Hall–Kier alpha value is -3.38. The number of hydrogen-bond acceptors (Lipinski definition) is 5. The maximum Gasteiger partial charge on any atom is 0.260 e. The molecular formula is C24H22ClN5O. The Morgan fingerprint density at radius 3 is 2.71 bits per heavy atom. The van der Waals surface area contributed by atoms with Crippen LogP contribution >= 0.6 is 11.6 Å². The van der Waals surface area contributed by atoms with Gasteiger partial charge in [-0.25, -0.2) is 4.98 Å². The van der Waals surface area contributed by atoms with Crippen molar-refractivity contribution in [3.05, 3.63) is 76.5 Å². The molecule has 0 unspecified atom stereocenters. The fourth-order valence-corrected chi connectivity index (χ4v) is 4.35. The number of fused-ring (bicyclic) bond motifs is 3. The number of nitrogens with one attached hydrogen (secondary N) is 1. The predicted octanol–water partition coefficient (Wildman–Crippen LogP) is 5.28. The normalized spacial score (nSPS) is 15.2. The average Bonchev–Trinajstić information content (AvgIpc) is 2.84. The lowest BCUT2D eigenvalue weighted by Crippen LogP contribution is -2.25. The number of allylic oxidation sites excluding steroid dienone is 1. The number of nitrogens with zero attached hydrogens (tertiary/aromatic N) is 4. The van der Waals surface area contributed by atoms with Crippen molar-refractivity contribution in [2.24, 2.45) is 0 Å². The highest BCUT2D eigenvalue weighted by atomic mass is 35.5. The second kappa shape index (κ2) is 7.39. The molecule has 0 atom stereocenters. The Balaban J connectivity index is 1.52. The summed E-state index contributed by atoms with van der Waals surface area (Å²) < 4.78 is 0. The predicted molar refractivity (Wildman–Crippen MR) is 125 cm³/mol. The number of aryl methyl sites for hydroxylation is 1. The molecule has 7 heteroatoms. The Morgan fingerprint density at radius 1 is 1.03 bits per heavy atom. The van der Waals surface area contributed by atoms with E-state index >= 15 is 0 Å². The summed E-state index contributed by atoms with van der Waals surface area (Å²) in [4.78, 5) is 25.6. The van der Waals surface area contributed by atoms with Gasteiger partial charge in [0.2, 0.25) is 5.95 Å². The van der Waals surface area contributed by atoms with Crippen molar-refractivity contribution in [3.8, 4) is 0 Å². The Bertz CT molecular complexity index is 1240. The molecule has 1 aliphatic carbocycles. The van der Waals surface area contributed by atoms with Gasteiger partial charge in [0.25, 0.3) is 5.91 Å². The minimum Gasteiger partial charge on any atom is -0.327 e. The van der Waals surface area contributed by atoms with Crippen molar-refractivity contribution in [1.29, 1.82) is 0 Å². The molecule has 156 valence electrons. The van der Waals surface area contributed by atoms with Crippen LogP contribution in [-0.4, -0.2) is 30.0 Å². The molecule has 2 heterocycles. The van der Waals surface area contributed by atoms with Crippen LogP contribution in [0.5, 0.6) is 0 Å². The summed E-state index contributed by atoms with van der Waals surface area (Å²) in [5.74, 6) is 0.971. The van der Waals surface area contributed by atoms with Crippen LogP contribution in [0.2, 0.25) is 5.02 Å². The first kappa shape index (κ1) is 19.6. The second-order valence-electron chi connectivity index (χ2n) is 8.02. The zero-order chi connectivity index (χ0) is 21.7. The molecule has 2 aromatic carbocycles. The molecule has 1 N–H and O–H groups in total. The summed E-state index contributed by atoms with van der Waals surface area (Å²) in [6.45, 7) is 4.12. The topological polar surface area (TPSA) is 61.4 Å². The van der Waals surface area contributed by atoms with Crippen LogP contribution in [0.25, 0.3) is 0 Å². The van der Waals surface area contributed by atoms with E-state index in [0.29, 0.717) is 33.7 Å². The molecule has 1 aromatic heterocycles. The molecule has 1 amide bonds. The molecular weight excluding hydrogens is 410 g/mol. The Labute approximate surface area is 186 Å². The summed E-state index contributed by atoms with van der Waals surface area (Å²) in [6, 6.07) is 11.6. The van der Waals surface area contributed by atoms with Gasteiger partial charge in [0.15, 0.2) is 5.82 Å². The molecule has 5 rings (SSSR count). The molecule has 0 saturated heterocycles. The molecule has 0 saturated carbocycles. The highest BCUT2D eigenvalue weighted by molar-refractivity contribution is 6.31. The van der Waals surface area contributed by atoms with Crippen molar-refractivity contribution < 1.29 is 4.79 Å². The van der Waals surface area contributed by atoms with Gasteiger partial charge < -0.3 is 15.1 Å². The van der Waals surface area contributed by atoms with Gasteiger partial charge in [-0.1, -0.05) is 29.8 Å². The van der Waals surface area contributed by atoms with Crippen LogP contribution in [0.1, 0.15) is 27.9 Å². The third-order valence-electron chi connectivity index (χ3n) is 5.94. The van der Waals surface area contributed by atoms with E-state index < -0.39 is 0 Å². The van der Waals surface area contributed by atoms with E-state index in [9.17, 15) is 4.79 Å². The largest absolute Gasteiger partial charge is 0.327 e. The standard InChI is InChI=1S/C24H22ClN5O/c1-14-4-5-16-11-18(8-6-15(16)10-14)27-24-26-13-21-22(28-24)29(2)20-12-17(25)7-9-19(20)23(31)30(21)3/h6-9,11-13H,1,4-5,10H2,2-3H3,(H,26,27,28). The van der Waals surface area contributed by atoms with Crippen molar-refractivity contribution in [3.63, 3.8) is 0 Å². The van der Waals surface area contributed by atoms with Gasteiger partial charge in [-0.2, -0.15) is 4.98 Å². The lowest BCUT2D eigenvalue weighted by Gasteiger charge is -2.22. The fraction of sp³-hybridized carbons (Fsp3) is 0.208. The number of hydrogen-bond donors (Lipinski definition) is 1. The number of carbonyl (C=O) groups excluding carboxylic acids is 1. The fourth-order valence-electron chi connectivity index (χ4n) is 4.18. The SMILES string of the molecule is C=C1CCc2cc(Nc3ncc4c(n3)N(C)c3cc(Cl)ccc3C(=O)N4C)ccc2C1. The zero-order valence-corrected chi connectivity index (χ0v) is 18.2. The molecule has 3 aromatic rings. The summed E-state index contributed by atoms with van der Waals surface area (Å²) >= 11 is 6.21. The monoisotopic (exact) mass is 431 g/mol. The van der Waals surface area contributed by atoms with Crippen LogP contribution in [0, 0.1) is 0 Å². The lowest BCUT2D eigenvalue weighted by molar-refractivity contribution is 0.0994. The van der Waals surface area contributed by atoms with E-state index in [1.54, 1.807) is 36.3 Å². The van der Waals surface area contributed by atoms with Crippen molar-refractivity contribution in [2.45, 2.75) is 19.3 Å². The maximum atomic E-state index is 13.0. The van der Waals surface area contributed by atoms with Crippen molar-refractivity contribution >= 4 is 46.3 Å². The zero-order valence-electron chi connectivity index (χ0n) is 17.4.